The van der Waals surface area contributed by atoms with Gasteiger partial charge in [0.2, 0.25) is 5.91 Å². The number of carbonyl (C=O) groups excluding carboxylic acids is 2. The Morgan fingerprint density at radius 1 is 1.19 bits per heavy atom. The Hall–Kier alpha value is -2.86. The molecule has 1 saturated heterocycles. The zero-order valence-corrected chi connectivity index (χ0v) is 16.1. The molecule has 0 unspecified atom stereocenters. The Kier molecular flexibility index (Phi) is 5.76. The Bertz CT molecular complexity index is 872. The van der Waals surface area contributed by atoms with Crippen molar-refractivity contribution in [1.29, 1.82) is 0 Å². The van der Waals surface area contributed by atoms with Crippen LogP contribution in [-0.4, -0.2) is 64.8 Å². The Labute approximate surface area is 159 Å². The van der Waals surface area contributed by atoms with E-state index < -0.39 is 0 Å². The monoisotopic (exact) mass is 366 g/mol. The number of nitrogens with one attached hydrogen (secondary N) is 1. The smallest absolute Gasteiger partial charge is 0.224 e. The molecule has 1 fully saturated rings. The van der Waals surface area contributed by atoms with E-state index in [1.807, 2.05) is 79.4 Å². The lowest BCUT2D eigenvalue weighted by Crippen LogP contribution is -2.42. The summed E-state index contributed by atoms with van der Waals surface area (Å²) in [6, 6.07) is 7.70. The first-order chi connectivity index (χ1) is 12.9. The summed E-state index contributed by atoms with van der Waals surface area (Å²) in [6.07, 6.45) is 7.92. The molecule has 3 heterocycles. The highest BCUT2D eigenvalue weighted by Crippen LogP contribution is 2.22. The highest BCUT2D eigenvalue weighted by molar-refractivity contribution is 6.15. The molecule has 0 aromatic carbocycles. The summed E-state index contributed by atoms with van der Waals surface area (Å²) < 4.78 is 1.96. The van der Waals surface area contributed by atoms with Crippen LogP contribution >= 0.6 is 0 Å². The molecule has 0 radical (unpaired) electrons. The Morgan fingerprint density at radius 2 is 1.93 bits per heavy atom. The third kappa shape index (κ3) is 4.65. The SMILES string of the molecule is CN(C)CCC(=O)N1C/C(=C\c2ccc[nH]2)C(=O)/C(=C/c2cccn2C)C1. The van der Waals surface area contributed by atoms with E-state index in [1.165, 1.54) is 0 Å². The number of aryl methyl sites for hydroxylation is 1. The first-order valence-corrected chi connectivity index (χ1v) is 9.07. The molecule has 1 aliphatic rings. The molecule has 6 heteroatoms. The van der Waals surface area contributed by atoms with Crippen LogP contribution in [0.5, 0.6) is 0 Å². The van der Waals surface area contributed by atoms with Crippen molar-refractivity contribution in [1.82, 2.24) is 19.4 Å². The van der Waals surface area contributed by atoms with E-state index in [0.717, 1.165) is 11.4 Å². The molecular formula is C21H26N4O2. The lowest BCUT2D eigenvalue weighted by Gasteiger charge is -2.30. The van der Waals surface area contributed by atoms with Gasteiger partial charge >= 0.3 is 0 Å². The fourth-order valence-corrected chi connectivity index (χ4v) is 3.12. The largest absolute Gasteiger partial charge is 0.362 e. The first kappa shape index (κ1) is 18.9. The minimum Gasteiger partial charge on any atom is -0.362 e. The maximum absolute atomic E-state index is 13.0. The van der Waals surface area contributed by atoms with E-state index in [0.29, 0.717) is 37.2 Å². The summed E-state index contributed by atoms with van der Waals surface area (Å²) in [5.74, 6) is 0.0637. The fourth-order valence-electron chi connectivity index (χ4n) is 3.12. The van der Waals surface area contributed by atoms with Gasteiger partial charge in [0.1, 0.15) is 0 Å². The van der Waals surface area contributed by atoms with Crippen molar-refractivity contribution < 1.29 is 9.59 Å². The molecule has 27 heavy (non-hydrogen) atoms. The van der Waals surface area contributed by atoms with E-state index >= 15 is 0 Å². The minimum atomic E-state index is 0.00228. The summed E-state index contributed by atoms with van der Waals surface area (Å²) in [4.78, 5) is 32.6. The molecule has 0 atom stereocenters. The molecule has 1 aliphatic heterocycles. The van der Waals surface area contributed by atoms with Gasteiger partial charge < -0.3 is 19.4 Å². The number of amides is 1. The van der Waals surface area contributed by atoms with Crippen molar-refractivity contribution in [2.24, 2.45) is 7.05 Å². The normalized spacial score (nSPS) is 18.1. The van der Waals surface area contributed by atoms with Crippen LogP contribution in [0, 0.1) is 0 Å². The molecule has 2 aromatic rings. The summed E-state index contributed by atoms with van der Waals surface area (Å²) in [7, 11) is 5.84. The topological polar surface area (TPSA) is 61.3 Å². The van der Waals surface area contributed by atoms with Crippen molar-refractivity contribution in [3.63, 3.8) is 0 Å². The molecule has 1 N–H and O–H groups in total. The number of nitrogens with zero attached hydrogens (tertiary/aromatic N) is 3. The average molecular weight is 366 g/mol. The highest BCUT2D eigenvalue weighted by Gasteiger charge is 2.29. The zero-order chi connectivity index (χ0) is 19.4. The quantitative estimate of drug-likeness (QED) is 0.825. The summed E-state index contributed by atoms with van der Waals surface area (Å²) in [5.41, 5.74) is 3.07. The molecule has 2 aromatic heterocycles. The van der Waals surface area contributed by atoms with Crippen molar-refractivity contribution >= 4 is 23.8 Å². The predicted molar refractivity (Wildman–Crippen MR) is 107 cm³/mol. The van der Waals surface area contributed by atoms with Crippen LogP contribution in [0.1, 0.15) is 17.8 Å². The van der Waals surface area contributed by atoms with Crippen LogP contribution in [0.3, 0.4) is 0 Å². The zero-order valence-electron chi connectivity index (χ0n) is 16.1. The summed E-state index contributed by atoms with van der Waals surface area (Å²) in [5, 5.41) is 0. The number of hydrogen-bond acceptors (Lipinski definition) is 3. The van der Waals surface area contributed by atoms with Crippen LogP contribution in [0.4, 0.5) is 0 Å². The third-order valence-corrected chi connectivity index (χ3v) is 4.69. The van der Waals surface area contributed by atoms with Gasteiger partial charge in [-0.05, 0) is 50.5 Å². The number of piperidine rings is 1. The van der Waals surface area contributed by atoms with E-state index in [9.17, 15) is 9.59 Å². The second kappa shape index (κ2) is 8.22. The van der Waals surface area contributed by atoms with Crippen LogP contribution in [0.15, 0.2) is 47.8 Å². The molecule has 0 saturated carbocycles. The lowest BCUT2D eigenvalue weighted by atomic mass is 9.95. The van der Waals surface area contributed by atoms with Gasteiger partial charge in [0.15, 0.2) is 5.78 Å². The second-order valence-electron chi connectivity index (χ2n) is 7.14. The number of aromatic amines is 1. The van der Waals surface area contributed by atoms with E-state index in [1.54, 1.807) is 4.90 Å². The first-order valence-electron chi connectivity index (χ1n) is 9.07. The average Bonchev–Trinajstić information content (AvgIpc) is 3.28. The fraction of sp³-hybridized carbons (Fsp3) is 0.333. The lowest BCUT2D eigenvalue weighted by molar-refractivity contribution is -0.131. The molecule has 3 rings (SSSR count). The minimum absolute atomic E-state index is 0.00228. The number of rotatable bonds is 5. The van der Waals surface area contributed by atoms with Gasteiger partial charge in [0.25, 0.3) is 0 Å². The third-order valence-electron chi connectivity index (χ3n) is 4.69. The van der Waals surface area contributed by atoms with E-state index in [2.05, 4.69) is 4.98 Å². The number of aromatic nitrogens is 2. The Balaban J connectivity index is 1.90. The van der Waals surface area contributed by atoms with Crippen molar-refractivity contribution in [3.05, 3.63) is 59.2 Å². The molecule has 6 nitrogen and oxygen atoms in total. The van der Waals surface area contributed by atoms with Crippen LogP contribution < -0.4 is 0 Å². The van der Waals surface area contributed by atoms with Gasteiger partial charge in [-0.3, -0.25) is 9.59 Å². The van der Waals surface area contributed by atoms with Gasteiger partial charge in [0, 0.05) is 68.0 Å². The molecular weight excluding hydrogens is 340 g/mol. The molecule has 142 valence electrons. The standard InChI is InChI=1S/C21H26N4O2/c1-23(2)11-8-20(26)25-14-16(12-18-6-4-9-22-18)21(27)17(15-25)13-19-7-5-10-24(19)3/h4-7,9-10,12-13,22H,8,11,14-15H2,1-3H3/b16-12+,17-13+. The van der Waals surface area contributed by atoms with Crippen LogP contribution in [-0.2, 0) is 16.6 Å². The number of carbonyl (C=O) groups is 2. The van der Waals surface area contributed by atoms with Gasteiger partial charge in [0.05, 0.1) is 0 Å². The maximum Gasteiger partial charge on any atom is 0.224 e. The summed E-state index contributed by atoms with van der Waals surface area (Å²) in [6.45, 7) is 1.38. The van der Waals surface area contributed by atoms with E-state index in [-0.39, 0.29) is 11.7 Å². The van der Waals surface area contributed by atoms with Crippen LogP contribution in [0.25, 0.3) is 12.2 Å². The van der Waals surface area contributed by atoms with Gasteiger partial charge in [-0.2, -0.15) is 0 Å². The van der Waals surface area contributed by atoms with Crippen molar-refractivity contribution in [3.8, 4) is 0 Å². The second-order valence-corrected chi connectivity index (χ2v) is 7.14. The number of Topliss-reactive ketones (excluding diaryl/α,β-unsaturated/α-hetero) is 1. The number of ketones is 1. The maximum atomic E-state index is 13.0. The molecule has 1 amide bonds. The number of likely N-dealkylation sites (tertiary alicyclic amines) is 1. The van der Waals surface area contributed by atoms with Gasteiger partial charge in [-0.25, -0.2) is 0 Å². The summed E-state index contributed by atoms with van der Waals surface area (Å²) >= 11 is 0. The predicted octanol–water partition coefficient (Wildman–Crippen LogP) is 2.18. The van der Waals surface area contributed by atoms with E-state index in [4.69, 9.17) is 0 Å². The van der Waals surface area contributed by atoms with Crippen molar-refractivity contribution in [2.75, 3.05) is 33.7 Å². The Morgan fingerprint density at radius 3 is 2.52 bits per heavy atom. The van der Waals surface area contributed by atoms with Crippen LogP contribution in [0.2, 0.25) is 0 Å². The molecule has 0 aliphatic carbocycles. The molecule has 0 bridgehead atoms. The molecule has 0 spiro atoms. The van der Waals surface area contributed by atoms with Gasteiger partial charge in [-0.15, -0.1) is 0 Å². The number of H-pyrrole nitrogens is 1. The highest BCUT2D eigenvalue weighted by atomic mass is 16.2. The van der Waals surface area contributed by atoms with Gasteiger partial charge in [-0.1, -0.05) is 0 Å². The van der Waals surface area contributed by atoms with Crippen molar-refractivity contribution in [2.45, 2.75) is 6.42 Å². The number of hydrogen-bond donors (Lipinski definition) is 1.